The van der Waals surface area contributed by atoms with Gasteiger partial charge in [-0.15, -0.1) is 0 Å². The van der Waals surface area contributed by atoms with Crippen molar-refractivity contribution >= 4 is 22.6 Å². The first-order chi connectivity index (χ1) is 13.7. The molecule has 4 aromatic heterocycles. The van der Waals surface area contributed by atoms with E-state index in [-0.39, 0.29) is 11.7 Å². The minimum atomic E-state index is -3.20. The maximum Gasteiger partial charge on any atom is 0.303 e. The van der Waals surface area contributed by atoms with Crippen molar-refractivity contribution in [2.45, 2.75) is 19.8 Å². The molecule has 4 heterocycles. The maximum absolute atomic E-state index is 13.7. The van der Waals surface area contributed by atoms with E-state index >= 15 is 0 Å². The molecule has 0 atom stereocenters. The number of hydrogen-bond donors (Lipinski definition) is 1. The van der Waals surface area contributed by atoms with Crippen molar-refractivity contribution in [3.8, 4) is 17.2 Å². The van der Waals surface area contributed by atoms with Gasteiger partial charge in [-0.05, 0) is 6.07 Å². The van der Waals surface area contributed by atoms with Gasteiger partial charge in [0.25, 0.3) is 0 Å². The van der Waals surface area contributed by atoms with Gasteiger partial charge in [0.1, 0.15) is 17.2 Å². The molecule has 0 fully saturated rings. The zero-order valence-electron chi connectivity index (χ0n) is 15.8. The quantitative estimate of drug-likeness (QED) is 0.567. The molecular weight excluding hydrogens is 382 g/mol. The molecule has 0 aromatic carbocycles. The van der Waals surface area contributed by atoms with Gasteiger partial charge in [0.2, 0.25) is 11.7 Å². The Bertz CT molecular complexity index is 1220. The summed E-state index contributed by atoms with van der Waals surface area (Å²) in [6.07, 6.45) is 4.56. The number of nitrogens with one attached hydrogen (secondary N) is 1. The monoisotopic (exact) mass is 398 g/mol. The van der Waals surface area contributed by atoms with Gasteiger partial charge in [0.05, 0.1) is 5.52 Å². The lowest BCUT2D eigenvalue weighted by molar-refractivity contribution is -0.114. The predicted molar refractivity (Wildman–Crippen MR) is 101 cm³/mol. The molecule has 0 bridgehead atoms. The van der Waals surface area contributed by atoms with Gasteiger partial charge >= 0.3 is 5.92 Å². The van der Waals surface area contributed by atoms with Crippen molar-refractivity contribution in [2.24, 2.45) is 7.05 Å². The highest BCUT2D eigenvalue weighted by molar-refractivity contribution is 5.96. The summed E-state index contributed by atoms with van der Waals surface area (Å²) in [7, 11) is 1.77. The molecule has 29 heavy (non-hydrogen) atoms. The van der Waals surface area contributed by atoms with Crippen LogP contribution >= 0.6 is 0 Å². The Morgan fingerprint density at radius 3 is 2.66 bits per heavy atom. The fourth-order valence-electron chi connectivity index (χ4n) is 2.84. The normalized spacial score (nSPS) is 11.8. The van der Waals surface area contributed by atoms with Crippen molar-refractivity contribution in [1.82, 2.24) is 34.5 Å². The van der Waals surface area contributed by atoms with Crippen LogP contribution in [0.1, 0.15) is 19.7 Å². The van der Waals surface area contributed by atoms with Crippen molar-refractivity contribution in [2.75, 3.05) is 5.32 Å². The van der Waals surface area contributed by atoms with E-state index in [1.807, 2.05) is 0 Å². The Balaban J connectivity index is 1.96. The lowest BCUT2D eigenvalue weighted by atomic mass is 10.2. The molecule has 4 rings (SSSR count). The molecule has 0 spiro atoms. The van der Waals surface area contributed by atoms with E-state index in [2.05, 4.69) is 30.5 Å². The van der Waals surface area contributed by atoms with Crippen LogP contribution in [0.5, 0.6) is 0 Å². The molecule has 0 saturated heterocycles. The summed E-state index contributed by atoms with van der Waals surface area (Å²) in [6, 6.07) is 4.85. The third-order valence-electron chi connectivity index (χ3n) is 4.08. The Kier molecular flexibility index (Phi) is 4.29. The number of nitrogens with zero attached hydrogens (tertiary/aromatic N) is 7. The summed E-state index contributed by atoms with van der Waals surface area (Å²) in [5, 5.41) is 12.1. The third-order valence-corrected chi connectivity index (χ3v) is 4.08. The van der Waals surface area contributed by atoms with E-state index in [0.717, 1.165) is 6.92 Å². The number of pyridine rings is 1. The molecule has 0 aliphatic rings. The number of rotatable bonds is 4. The van der Waals surface area contributed by atoms with Crippen LogP contribution in [-0.4, -0.2) is 40.4 Å². The Morgan fingerprint density at radius 1 is 1.21 bits per heavy atom. The van der Waals surface area contributed by atoms with E-state index in [4.69, 9.17) is 0 Å². The number of alkyl halides is 2. The summed E-state index contributed by atoms with van der Waals surface area (Å²) in [5.74, 6) is -3.65. The summed E-state index contributed by atoms with van der Waals surface area (Å²) in [5.41, 5.74) is 1.61. The molecule has 1 amide bonds. The fourth-order valence-corrected chi connectivity index (χ4v) is 2.84. The first-order valence-electron chi connectivity index (χ1n) is 8.60. The van der Waals surface area contributed by atoms with Gasteiger partial charge in [0, 0.05) is 57.0 Å². The third kappa shape index (κ3) is 3.53. The van der Waals surface area contributed by atoms with Crippen LogP contribution in [0.2, 0.25) is 0 Å². The molecule has 0 aliphatic carbocycles. The van der Waals surface area contributed by atoms with Crippen LogP contribution in [0.25, 0.3) is 28.1 Å². The van der Waals surface area contributed by atoms with E-state index in [1.165, 1.54) is 23.9 Å². The summed E-state index contributed by atoms with van der Waals surface area (Å²) in [4.78, 5) is 23.3. The van der Waals surface area contributed by atoms with Crippen molar-refractivity contribution in [3.63, 3.8) is 0 Å². The van der Waals surface area contributed by atoms with Crippen molar-refractivity contribution in [1.29, 1.82) is 0 Å². The minimum absolute atomic E-state index is 0.156. The van der Waals surface area contributed by atoms with E-state index < -0.39 is 11.7 Å². The summed E-state index contributed by atoms with van der Waals surface area (Å²) < 4.78 is 30.5. The smallest absolute Gasteiger partial charge is 0.303 e. The number of anilines is 1. The molecule has 148 valence electrons. The zero-order valence-corrected chi connectivity index (χ0v) is 15.8. The fraction of sp³-hybridized carbons (Fsp3) is 0.222. The van der Waals surface area contributed by atoms with Crippen LogP contribution in [0, 0.1) is 0 Å². The van der Waals surface area contributed by atoms with Gasteiger partial charge in [-0.2, -0.15) is 19.0 Å². The van der Waals surface area contributed by atoms with Gasteiger partial charge in [-0.1, -0.05) is 0 Å². The first-order valence-corrected chi connectivity index (χ1v) is 8.60. The van der Waals surface area contributed by atoms with Gasteiger partial charge in [-0.3, -0.25) is 9.48 Å². The molecule has 1 N–H and O–H groups in total. The second kappa shape index (κ2) is 6.69. The summed E-state index contributed by atoms with van der Waals surface area (Å²) >= 11 is 0. The van der Waals surface area contributed by atoms with Gasteiger partial charge in [0.15, 0.2) is 5.82 Å². The molecule has 0 saturated carbocycles. The Labute approximate surface area is 163 Å². The number of aryl methyl sites for hydroxylation is 1. The zero-order chi connectivity index (χ0) is 20.8. The average molecular weight is 398 g/mol. The van der Waals surface area contributed by atoms with Crippen LogP contribution in [0.15, 0.2) is 36.8 Å². The lowest BCUT2D eigenvalue weighted by Crippen LogP contribution is -2.14. The van der Waals surface area contributed by atoms with Crippen LogP contribution in [0.4, 0.5) is 14.6 Å². The number of carbonyl (C=O) groups is 1. The topological polar surface area (TPSA) is 103 Å². The number of hydrogen-bond acceptors (Lipinski definition) is 6. The second-order valence-corrected chi connectivity index (χ2v) is 6.53. The number of carbonyl (C=O) groups excluding carboxylic acids is 1. The molecule has 11 heteroatoms. The molecular formula is C18H16F2N8O. The van der Waals surface area contributed by atoms with Crippen molar-refractivity contribution in [3.05, 3.63) is 42.6 Å². The van der Waals surface area contributed by atoms with Gasteiger partial charge < -0.3 is 5.32 Å². The highest BCUT2D eigenvalue weighted by atomic mass is 19.3. The first kappa shape index (κ1) is 18.6. The van der Waals surface area contributed by atoms with Crippen molar-refractivity contribution < 1.29 is 13.6 Å². The largest absolute Gasteiger partial charge is 0.311 e. The summed E-state index contributed by atoms with van der Waals surface area (Å²) in [6.45, 7) is 2.09. The lowest BCUT2D eigenvalue weighted by Gasteiger charge is -2.10. The predicted octanol–water partition coefficient (Wildman–Crippen LogP) is 2.68. The highest BCUT2D eigenvalue weighted by Gasteiger charge is 2.29. The average Bonchev–Trinajstić information content (AvgIpc) is 3.24. The minimum Gasteiger partial charge on any atom is -0.311 e. The maximum atomic E-state index is 13.7. The standard InChI is InChI=1S/C18H16F2N8O/c1-10(29)23-14-8-13-11(9-22-14)16(12-5-7-27(3)25-12)26-28(13)15-4-6-21-17(24-15)18(2,19)20/h4-9H,1-3H3,(H,22,23,29). The van der Waals surface area contributed by atoms with Crippen LogP contribution in [0.3, 0.4) is 0 Å². The Morgan fingerprint density at radius 2 is 2.00 bits per heavy atom. The molecule has 4 aromatic rings. The molecule has 0 unspecified atom stereocenters. The highest BCUT2D eigenvalue weighted by Crippen LogP contribution is 2.30. The molecule has 9 nitrogen and oxygen atoms in total. The SMILES string of the molecule is CC(=O)Nc1cc2c(cn1)c(-c1ccn(C)n1)nn2-c1ccnc(C(C)(F)F)n1. The van der Waals surface area contributed by atoms with E-state index in [9.17, 15) is 13.6 Å². The molecule has 0 aliphatic heterocycles. The number of amides is 1. The van der Waals surface area contributed by atoms with Crippen LogP contribution in [-0.2, 0) is 17.8 Å². The number of aromatic nitrogens is 7. The number of fused-ring (bicyclic) bond motifs is 1. The number of halogens is 2. The second-order valence-electron chi connectivity index (χ2n) is 6.53. The Hall–Kier alpha value is -3.76. The molecule has 0 radical (unpaired) electrons. The van der Waals surface area contributed by atoms with Crippen LogP contribution < -0.4 is 5.32 Å². The van der Waals surface area contributed by atoms with E-state index in [1.54, 1.807) is 36.3 Å². The van der Waals surface area contributed by atoms with Gasteiger partial charge in [-0.25, -0.2) is 19.6 Å². The van der Waals surface area contributed by atoms with E-state index in [0.29, 0.717) is 28.1 Å².